The zero-order valence-corrected chi connectivity index (χ0v) is 18.6. The zero-order valence-electron chi connectivity index (χ0n) is 17.7. The molecule has 0 saturated carbocycles. The van der Waals surface area contributed by atoms with E-state index in [1.54, 1.807) is 6.08 Å². The van der Waals surface area contributed by atoms with Crippen molar-refractivity contribution in [3.8, 4) is 23.1 Å². The molecule has 7 nitrogen and oxygen atoms in total. The van der Waals surface area contributed by atoms with E-state index in [4.69, 9.17) is 14.2 Å². The molecule has 0 bridgehead atoms. The predicted octanol–water partition coefficient (Wildman–Crippen LogP) is 4.85. The third kappa shape index (κ3) is 5.20. The van der Waals surface area contributed by atoms with Gasteiger partial charge in [-0.2, -0.15) is 5.26 Å². The van der Waals surface area contributed by atoms with E-state index in [-0.39, 0.29) is 11.1 Å². The quantitative estimate of drug-likeness (QED) is 0.376. The van der Waals surface area contributed by atoms with Crippen LogP contribution in [0.2, 0.25) is 0 Å². The van der Waals surface area contributed by atoms with Crippen molar-refractivity contribution in [3.63, 3.8) is 0 Å². The van der Waals surface area contributed by atoms with Gasteiger partial charge in [-0.3, -0.25) is 0 Å². The number of hydrogen-bond donors (Lipinski definition) is 0. The van der Waals surface area contributed by atoms with Crippen molar-refractivity contribution in [1.29, 1.82) is 5.26 Å². The van der Waals surface area contributed by atoms with Crippen molar-refractivity contribution < 1.29 is 23.8 Å². The fraction of sp³-hybridized carbons (Fsp3) is 0.167. The minimum atomic E-state index is -0.601. The standard InChI is InChI=1S/C24H20N2O5S/c1-4-31-20-7-5-16(6-8-20)21-14-32-22(26-21)19(13-25)11-15-9-17(23(27)29-2)12-18(10-15)24(28)30-3/h5-12,14H,4H2,1-3H3/b19-11+. The summed E-state index contributed by atoms with van der Waals surface area (Å²) in [6.07, 6.45) is 1.57. The molecule has 0 atom stereocenters. The largest absolute Gasteiger partial charge is 0.494 e. The number of allylic oxidation sites excluding steroid dienone is 1. The molecule has 0 spiro atoms. The number of benzene rings is 2. The Morgan fingerprint density at radius 2 is 1.69 bits per heavy atom. The lowest BCUT2D eigenvalue weighted by Crippen LogP contribution is -2.07. The summed E-state index contributed by atoms with van der Waals surface area (Å²) in [5.41, 5.74) is 2.75. The van der Waals surface area contributed by atoms with Crippen LogP contribution >= 0.6 is 11.3 Å². The topological polar surface area (TPSA) is 98.5 Å². The first-order valence-corrected chi connectivity index (χ1v) is 10.5. The summed E-state index contributed by atoms with van der Waals surface area (Å²) in [4.78, 5) is 28.6. The summed E-state index contributed by atoms with van der Waals surface area (Å²) in [6, 6.07) is 14.1. The molecule has 3 rings (SSSR count). The average Bonchev–Trinajstić information content (AvgIpc) is 3.32. The van der Waals surface area contributed by atoms with E-state index in [0.29, 0.717) is 22.8 Å². The Kier molecular flexibility index (Phi) is 7.37. The van der Waals surface area contributed by atoms with E-state index in [1.165, 1.54) is 43.8 Å². The van der Waals surface area contributed by atoms with E-state index < -0.39 is 11.9 Å². The number of esters is 2. The van der Waals surface area contributed by atoms with Crippen molar-refractivity contribution in [1.82, 2.24) is 4.98 Å². The van der Waals surface area contributed by atoms with Crippen molar-refractivity contribution >= 4 is 34.9 Å². The molecule has 0 aliphatic heterocycles. The van der Waals surface area contributed by atoms with Gasteiger partial charge in [-0.25, -0.2) is 14.6 Å². The summed E-state index contributed by atoms with van der Waals surface area (Å²) in [7, 11) is 2.50. The van der Waals surface area contributed by atoms with Gasteiger partial charge in [-0.15, -0.1) is 11.3 Å². The highest BCUT2D eigenvalue weighted by Gasteiger charge is 2.15. The van der Waals surface area contributed by atoms with Crippen LogP contribution in [0.5, 0.6) is 5.75 Å². The molecule has 0 saturated heterocycles. The van der Waals surface area contributed by atoms with E-state index in [0.717, 1.165) is 17.0 Å². The molecule has 1 heterocycles. The van der Waals surface area contributed by atoms with Crippen molar-refractivity contribution in [2.45, 2.75) is 6.92 Å². The number of methoxy groups -OCH3 is 2. The average molecular weight is 449 g/mol. The van der Waals surface area contributed by atoms with Gasteiger partial charge in [0, 0.05) is 10.9 Å². The van der Waals surface area contributed by atoms with Gasteiger partial charge in [0.25, 0.3) is 0 Å². The molecule has 0 fully saturated rings. The summed E-state index contributed by atoms with van der Waals surface area (Å²) in [5, 5.41) is 12.1. The maximum atomic E-state index is 12.0. The second kappa shape index (κ2) is 10.4. The van der Waals surface area contributed by atoms with Crippen LogP contribution in [0.4, 0.5) is 0 Å². The fourth-order valence-electron chi connectivity index (χ4n) is 2.93. The monoisotopic (exact) mass is 448 g/mol. The molecule has 0 amide bonds. The van der Waals surface area contributed by atoms with Crippen LogP contribution in [-0.4, -0.2) is 37.7 Å². The van der Waals surface area contributed by atoms with E-state index >= 15 is 0 Å². The van der Waals surface area contributed by atoms with Gasteiger partial charge in [-0.1, -0.05) is 0 Å². The minimum Gasteiger partial charge on any atom is -0.494 e. The van der Waals surface area contributed by atoms with Crippen molar-refractivity contribution in [2.24, 2.45) is 0 Å². The number of aromatic nitrogens is 1. The van der Waals surface area contributed by atoms with Crippen LogP contribution in [-0.2, 0) is 9.47 Å². The zero-order chi connectivity index (χ0) is 23.1. The predicted molar refractivity (Wildman–Crippen MR) is 121 cm³/mol. The molecule has 2 aromatic carbocycles. The third-order valence-electron chi connectivity index (χ3n) is 4.42. The summed E-state index contributed by atoms with van der Waals surface area (Å²) >= 11 is 1.32. The molecule has 0 unspecified atom stereocenters. The van der Waals surface area contributed by atoms with Crippen molar-refractivity contribution in [3.05, 3.63) is 69.5 Å². The van der Waals surface area contributed by atoms with Gasteiger partial charge in [0.05, 0.1) is 43.2 Å². The van der Waals surface area contributed by atoms with Gasteiger partial charge in [-0.05, 0) is 61.0 Å². The Labute approximate surface area is 189 Å². The Balaban J connectivity index is 1.96. The molecular weight excluding hydrogens is 428 g/mol. The third-order valence-corrected chi connectivity index (χ3v) is 5.30. The second-order valence-electron chi connectivity index (χ2n) is 6.49. The number of ether oxygens (including phenoxy) is 3. The van der Waals surface area contributed by atoms with Crippen LogP contribution in [0.25, 0.3) is 22.9 Å². The highest BCUT2D eigenvalue weighted by atomic mass is 32.1. The number of hydrogen-bond acceptors (Lipinski definition) is 8. The van der Waals surface area contributed by atoms with Crippen LogP contribution in [0.1, 0.15) is 38.2 Å². The number of carbonyl (C=O) groups is 2. The molecule has 0 N–H and O–H groups in total. The number of carbonyl (C=O) groups excluding carboxylic acids is 2. The van der Waals surface area contributed by atoms with Gasteiger partial charge in [0.2, 0.25) is 0 Å². The van der Waals surface area contributed by atoms with E-state index in [2.05, 4.69) is 11.1 Å². The molecule has 8 heteroatoms. The highest BCUT2D eigenvalue weighted by molar-refractivity contribution is 7.11. The molecule has 0 aliphatic carbocycles. The number of nitriles is 1. The second-order valence-corrected chi connectivity index (χ2v) is 7.35. The van der Waals surface area contributed by atoms with Crippen LogP contribution in [0.3, 0.4) is 0 Å². The van der Waals surface area contributed by atoms with Gasteiger partial charge >= 0.3 is 11.9 Å². The Bertz CT molecular complexity index is 1170. The smallest absolute Gasteiger partial charge is 0.337 e. The molecule has 1 aromatic heterocycles. The minimum absolute atomic E-state index is 0.174. The molecule has 32 heavy (non-hydrogen) atoms. The number of rotatable bonds is 7. The molecule has 162 valence electrons. The Hall–Kier alpha value is -3.96. The first kappa shape index (κ1) is 22.7. The lowest BCUT2D eigenvalue weighted by atomic mass is 10.0. The van der Waals surface area contributed by atoms with Crippen LogP contribution in [0, 0.1) is 11.3 Å². The summed E-state index contributed by atoms with van der Waals surface area (Å²) in [5.74, 6) is -0.428. The molecule has 0 aliphatic rings. The summed E-state index contributed by atoms with van der Waals surface area (Å²) < 4.78 is 15.0. The molecule has 3 aromatic rings. The van der Waals surface area contributed by atoms with Crippen LogP contribution < -0.4 is 4.74 Å². The SMILES string of the molecule is CCOc1ccc(-c2csc(/C(C#N)=C/c3cc(C(=O)OC)cc(C(=O)OC)c3)n2)cc1. The maximum Gasteiger partial charge on any atom is 0.337 e. The summed E-state index contributed by atoms with van der Waals surface area (Å²) in [6.45, 7) is 2.51. The highest BCUT2D eigenvalue weighted by Crippen LogP contribution is 2.29. The van der Waals surface area contributed by atoms with Gasteiger partial charge < -0.3 is 14.2 Å². The van der Waals surface area contributed by atoms with E-state index in [9.17, 15) is 14.9 Å². The maximum absolute atomic E-state index is 12.0. The number of nitrogens with zero attached hydrogens (tertiary/aromatic N) is 2. The lowest BCUT2D eigenvalue weighted by Gasteiger charge is -2.06. The lowest BCUT2D eigenvalue weighted by molar-refractivity contribution is 0.0599. The first-order valence-electron chi connectivity index (χ1n) is 9.61. The van der Waals surface area contributed by atoms with Gasteiger partial charge in [0.1, 0.15) is 16.8 Å². The van der Waals surface area contributed by atoms with Gasteiger partial charge in [0.15, 0.2) is 0 Å². The first-order chi connectivity index (χ1) is 15.5. The van der Waals surface area contributed by atoms with Crippen LogP contribution in [0.15, 0.2) is 47.8 Å². The Morgan fingerprint density at radius 3 is 2.22 bits per heavy atom. The van der Waals surface area contributed by atoms with E-state index in [1.807, 2.05) is 36.6 Å². The van der Waals surface area contributed by atoms with Crippen molar-refractivity contribution in [2.75, 3.05) is 20.8 Å². The Morgan fingerprint density at radius 1 is 1.06 bits per heavy atom. The molecule has 0 radical (unpaired) electrons. The normalized spacial score (nSPS) is 10.9. The number of thiazole rings is 1. The molecular formula is C24H20N2O5S. The fourth-order valence-corrected chi connectivity index (χ4v) is 3.73.